The van der Waals surface area contributed by atoms with Crippen LogP contribution < -0.4 is 5.32 Å². The molecule has 172 valence electrons. The Hall–Kier alpha value is -4.00. The van der Waals surface area contributed by atoms with E-state index in [4.69, 9.17) is 0 Å². The smallest absolute Gasteiger partial charge is 0.276 e. The van der Waals surface area contributed by atoms with Gasteiger partial charge in [-0.2, -0.15) is 5.10 Å². The quantitative estimate of drug-likeness (QED) is 0.488. The summed E-state index contributed by atoms with van der Waals surface area (Å²) in [6.45, 7) is 1.40. The number of carbonyl (C=O) groups is 2. The molecule has 2 aromatic heterocycles. The minimum atomic E-state index is -0.330. The van der Waals surface area contributed by atoms with Gasteiger partial charge in [-0.1, -0.05) is 36.4 Å². The number of nitrogens with zero attached hydrogens (tertiary/aromatic N) is 4. The highest BCUT2D eigenvalue weighted by molar-refractivity contribution is 6.08. The fraction of sp³-hybridized carbons (Fsp3) is 0.259. The maximum absolute atomic E-state index is 13.3. The van der Waals surface area contributed by atoms with Crippen molar-refractivity contribution in [2.75, 3.05) is 18.4 Å². The van der Waals surface area contributed by atoms with Gasteiger partial charge in [-0.25, -0.2) is 0 Å². The Bertz CT molecular complexity index is 1330. The number of para-hydroxylation sites is 2. The van der Waals surface area contributed by atoms with Gasteiger partial charge in [0, 0.05) is 37.9 Å². The second-order valence-electron chi connectivity index (χ2n) is 8.81. The number of benzene rings is 2. The van der Waals surface area contributed by atoms with E-state index in [0.717, 1.165) is 30.2 Å². The van der Waals surface area contributed by atoms with E-state index in [-0.39, 0.29) is 11.8 Å². The van der Waals surface area contributed by atoms with Gasteiger partial charge in [-0.15, -0.1) is 0 Å². The van der Waals surface area contributed by atoms with E-state index in [1.807, 2.05) is 29.3 Å². The number of aromatic nitrogens is 3. The van der Waals surface area contributed by atoms with E-state index in [2.05, 4.69) is 39.7 Å². The van der Waals surface area contributed by atoms with Gasteiger partial charge in [0.25, 0.3) is 11.8 Å². The summed E-state index contributed by atoms with van der Waals surface area (Å²) in [5.74, 6) is 0.126. The van der Waals surface area contributed by atoms with Crippen LogP contribution in [-0.4, -0.2) is 44.6 Å². The Kier molecular flexibility index (Phi) is 6.08. The summed E-state index contributed by atoms with van der Waals surface area (Å²) in [6, 6.07) is 19.2. The third-order valence-corrected chi connectivity index (χ3v) is 6.48. The highest BCUT2D eigenvalue weighted by Gasteiger charge is 2.26. The molecule has 3 heterocycles. The van der Waals surface area contributed by atoms with Crippen LogP contribution >= 0.6 is 0 Å². The number of likely N-dealkylation sites (tertiary alicyclic amines) is 1. The molecule has 0 atom stereocenters. The standard InChI is InChI=1S/C27H27N5O2/c1-31-15-13-24(30-31)26(33)29-23-10-3-2-9-22(23)27(34)32-16-11-19(12-17-32)18-21-7-4-6-20-8-5-14-28-25(20)21/h2-10,13-15,19H,11-12,16-18H2,1H3,(H,29,33). The first-order chi connectivity index (χ1) is 16.6. The molecule has 1 N–H and O–H groups in total. The van der Waals surface area contributed by atoms with Gasteiger partial charge in [0.05, 0.1) is 16.8 Å². The van der Waals surface area contributed by atoms with E-state index in [9.17, 15) is 9.59 Å². The molecule has 7 heteroatoms. The fourth-order valence-electron chi connectivity index (χ4n) is 4.65. The van der Waals surface area contributed by atoms with Crippen molar-refractivity contribution in [2.45, 2.75) is 19.3 Å². The van der Waals surface area contributed by atoms with Gasteiger partial charge in [-0.05, 0) is 55.0 Å². The van der Waals surface area contributed by atoms with Crippen molar-refractivity contribution in [3.05, 3.63) is 89.9 Å². The van der Waals surface area contributed by atoms with Crippen LogP contribution in [0.5, 0.6) is 0 Å². The lowest BCUT2D eigenvalue weighted by Crippen LogP contribution is -2.39. The van der Waals surface area contributed by atoms with Crippen LogP contribution in [0.25, 0.3) is 10.9 Å². The Labute approximate surface area is 198 Å². The Morgan fingerprint density at radius 3 is 2.59 bits per heavy atom. The second kappa shape index (κ2) is 9.47. The monoisotopic (exact) mass is 453 g/mol. The van der Waals surface area contributed by atoms with E-state index in [0.29, 0.717) is 36.0 Å². The fourth-order valence-corrected chi connectivity index (χ4v) is 4.65. The van der Waals surface area contributed by atoms with Crippen LogP contribution in [0.4, 0.5) is 5.69 Å². The van der Waals surface area contributed by atoms with Crippen molar-refractivity contribution in [2.24, 2.45) is 13.0 Å². The molecule has 2 amide bonds. The van der Waals surface area contributed by atoms with Crippen LogP contribution in [-0.2, 0) is 13.5 Å². The molecule has 0 aliphatic carbocycles. The van der Waals surface area contributed by atoms with Crippen LogP contribution in [0.3, 0.4) is 0 Å². The Morgan fingerprint density at radius 2 is 1.79 bits per heavy atom. The number of fused-ring (bicyclic) bond motifs is 1. The zero-order valence-corrected chi connectivity index (χ0v) is 19.1. The van der Waals surface area contributed by atoms with Crippen LogP contribution in [0, 0.1) is 5.92 Å². The average Bonchev–Trinajstić information content (AvgIpc) is 3.31. The lowest BCUT2D eigenvalue weighted by Gasteiger charge is -2.32. The molecule has 0 spiro atoms. The molecule has 2 aromatic carbocycles. The molecule has 0 saturated carbocycles. The van der Waals surface area contributed by atoms with E-state index >= 15 is 0 Å². The zero-order chi connectivity index (χ0) is 23.5. The number of anilines is 1. The van der Waals surface area contributed by atoms with Gasteiger partial charge >= 0.3 is 0 Å². The molecule has 34 heavy (non-hydrogen) atoms. The molecular formula is C27H27N5O2. The predicted molar refractivity (Wildman–Crippen MR) is 132 cm³/mol. The number of nitrogens with one attached hydrogen (secondary N) is 1. The predicted octanol–water partition coefficient (Wildman–Crippen LogP) is 4.32. The molecule has 4 aromatic rings. The minimum Gasteiger partial charge on any atom is -0.339 e. The number of carbonyl (C=O) groups excluding carboxylic acids is 2. The number of aryl methyl sites for hydroxylation is 1. The minimum absolute atomic E-state index is 0.0535. The maximum atomic E-state index is 13.3. The Morgan fingerprint density at radius 1 is 1.00 bits per heavy atom. The van der Waals surface area contributed by atoms with Gasteiger partial charge in [-0.3, -0.25) is 19.3 Å². The molecule has 1 aliphatic rings. The molecule has 0 bridgehead atoms. The molecular weight excluding hydrogens is 426 g/mol. The van der Waals surface area contributed by atoms with E-state index in [1.165, 1.54) is 5.56 Å². The molecule has 5 rings (SSSR count). The Balaban J connectivity index is 1.24. The zero-order valence-electron chi connectivity index (χ0n) is 19.1. The van der Waals surface area contributed by atoms with Crippen molar-refractivity contribution in [3.8, 4) is 0 Å². The van der Waals surface area contributed by atoms with Crippen LogP contribution in [0.2, 0.25) is 0 Å². The highest BCUT2D eigenvalue weighted by Crippen LogP contribution is 2.27. The van der Waals surface area contributed by atoms with Gasteiger partial charge in [0.1, 0.15) is 0 Å². The molecule has 1 saturated heterocycles. The number of hydrogen-bond donors (Lipinski definition) is 1. The van der Waals surface area contributed by atoms with Gasteiger partial charge in [0.2, 0.25) is 0 Å². The van der Waals surface area contributed by atoms with E-state index < -0.39 is 0 Å². The highest BCUT2D eigenvalue weighted by atomic mass is 16.2. The number of piperidine rings is 1. The number of hydrogen-bond acceptors (Lipinski definition) is 4. The largest absolute Gasteiger partial charge is 0.339 e. The van der Waals surface area contributed by atoms with E-state index in [1.54, 1.807) is 36.1 Å². The van der Waals surface area contributed by atoms with Crippen molar-refractivity contribution in [3.63, 3.8) is 0 Å². The molecule has 7 nitrogen and oxygen atoms in total. The summed E-state index contributed by atoms with van der Waals surface area (Å²) < 4.78 is 1.57. The first kappa shape index (κ1) is 21.8. The number of amides is 2. The van der Waals surface area contributed by atoms with Crippen molar-refractivity contribution >= 4 is 28.4 Å². The van der Waals surface area contributed by atoms with Crippen molar-refractivity contribution < 1.29 is 9.59 Å². The third kappa shape index (κ3) is 4.55. The molecule has 1 fully saturated rings. The van der Waals surface area contributed by atoms with Crippen molar-refractivity contribution in [1.82, 2.24) is 19.7 Å². The van der Waals surface area contributed by atoms with Crippen LogP contribution in [0.15, 0.2) is 73.1 Å². The normalized spacial score (nSPS) is 14.3. The number of rotatable bonds is 5. The SMILES string of the molecule is Cn1ccc(C(=O)Nc2ccccc2C(=O)N2CCC(Cc3cccc4cccnc34)CC2)n1. The summed E-state index contributed by atoms with van der Waals surface area (Å²) in [4.78, 5) is 32.4. The van der Waals surface area contributed by atoms with Crippen molar-refractivity contribution in [1.29, 1.82) is 0 Å². The molecule has 0 radical (unpaired) electrons. The summed E-state index contributed by atoms with van der Waals surface area (Å²) in [6.07, 6.45) is 6.41. The topological polar surface area (TPSA) is 80.1 Å². The number of pyridine rings is 1. The summed E-state index contributed by atoms with van der Waals surface area (Å²) in [5, 5.41) is 8.15. The van der Waals surface area contributed by atoms with Gasteiger partial charge in [0.15, 0.2) is 5.69 Å². The van der Waals surface area contributed by atoms with Crippen LogP contribution in [0.1, 0.15) is 39.3 Å². The maximum Gasteiger partial charge on any atom is 0.276 e. The third-order valence-electron chi connectivity index (χ3n) is 6.48. The first-order valence-electron chi connectivity index (χ1n) is 11.6. The molecule has 0 unspecified atom stereocenters. The summed E-state index contributed by atoms with van der Waals surface area (Å²) in [5.41, 5.74) is 3.66. The lowest BCUT2D eigenvalue weighted by atomic mass is 9.89. The summed E-state index contributed by atoms with van der Waals surface area (Å²) in [7, 11) is 1.76. The average molecular weight is 454 g/mol. The second-order valence-corrected chi connectivity index (χ2v) is 8.81. The van der Waals surface area contributed by atoms with Gasteiger partial charge < -0.3 is 10.2 Å². The molecule has 1 aliphatic heterocycles. The summed E-state index contributed by atoms with van der Waals surface area (Å²) >= 11 is 0. The lowest BCUT2D eigenvalue weighted by molar-refractivity contribution is 0.0691. The first-order valence-corrected chi connectivity index (χ1v) is 11.6.